The fourth-order valence-corrected chi connectivity index (χ4v) is 1.29. The molecule has 0 radical (unpaired) electrons. The van der Waals surface area contributed by atoms with E-state index >= 15 is 0 Å². The van der Waals surface area contributed by atoms with Crippen LogP contribution in [0.4, 0.5) is 0 Å². The van der Waals surface area contributed by atoms with E-state index in [2.05, 4.69) is 0 Å². The Labute approximate surface area is 82.4 Å². The molecule has 0 bridgehead atoms. The molecule has 1 aromatic rings. The standard InChI is InChI=1S/C11H12O3/c1-7-4-3-5-9(8(7)2)10(12)6-11(13)14/h3-5H,6H2,1-2H3,(H,13,14). The van der Waals surface area contributed by atoms with E-state index in [1.807, 2.05) is 19.9 Å². The van der Waals surface area contributed by atoms with Gasteiger partial charge in [-0.15, -0.1) is 0 Å². The first-order valence-corrected chi connectivity index (χ1v) is 4.33. The zero-order valence-corrected chi connectivity index (χ0v) is 8.20. The van der Waals surface area contributed by atoms with E-state index in [4.69, 9.17) is 5.11 Å². The summed E-state index contributed by atoms with van der Waals surface area (Å²) >= 11 is 0. The van der Waals surface area contributed by atoms with Crippen LogP contribution in [0.15, 0.2) is 18.2 Å². The molecule has 0 amide bonds. The first-order valence-electron chi connectivity index (χ1n) is 4.33. The molecular formula is C11H12O3. The Hall–Kier alpha value is -1.64. The number of carboxylic acid groups (broad SMARTS) is 1. The summed E-state index contributed by atoms with van der Waals surface area (Å²) in [7, 11) is 0. The van der Waals surface area contributed by atoms with Crippen molar-refractivity contribution in [2.75, 3.05) is 0 Å². The third-order valence-corrected chi connectivity index (χ3v) is 2.22. The van der Waals surface area contributed by atoms with Crippen molar-refractivity contribution in [1.82, 2.24) is 0 Å². The monoisotopic (exact) mass is 192 g/mol. The lowest BCUT2D eigenvalue weighted by atomic mass is 9.99. The van der Waals surface area contributed by atoms with Crippen molar-refractivity contribution in [2.45, 2.75) is 20.3 Å². The van der Waals surface area contributed by atoms with Gasteiger partial charge in [0.15, 0.2) is 5.78 Å². The normalized spacial score (nSPS) is 9.86. The predicted octanol–water partition coefficient (Wildman–Crippen LogP) is 1.96. The lowest BCUT2D eigenvalue weighted by Gasteiger charge is -2.05. The molecule has 3 nitrogen and oxygen atoms in total. The molecule has 0 aliphatic carbocycles. The first-order chi connectivity index (χ1) is 6.52. The molecule has 0 spiro atoms. The van der Waals surface area contributed by atoms with Crippen LogP contribution in [0.1, 0.15) is 27.9 Å². The molecule has 0 aliphatic rings. The summed E-state index contributed by atoms with van der Waals surface area (Å²) in [5, 5.41) is 8.48. The molecule has 3 heteroatoms. The number of benzene rings is 1. The minimum atomic E-state index is -1.09. The van der Waals surface area contributed by atoms with Crippen LogP contribution in [0.3, 0.4) is 0 Å². The number of carboxylic acids is 1. The number of aliphatic carboxylic acids is 1. The molecule has 1 rings (SSSR count). The minimum absolute atomic E-state index is 0.335. The molecule has 1 N–H and O–H groups in total. The molecule has 0 aromatic heterocycles. The van der Waals surface area contributed by atoms with E-state index in [0.29, 0.717) is 5.56 Å². The van der Waals surface area contributed by atoms with Crippen LogP contribution in [0.25, 0.3) is 0 Å². The van der Waals surface area contributed by atoms with Crippen LogP contribution in [-0.2, 0) is 4.79 Å². The lowest BCUT2D eigenvalue weighted by Crippen LogP contribution is -2.08. The van der Waals surface area contributed by atoms with E-state index < -0.39 is 12.4 Å². The maximum absolute atomic E-state index is 11.4. The summed E-state index contributed by atoms with van der Waals surface area (Å²) < 4.78 is 0. The lowest BCUT2D eigenvalue weighted by molar-refractivity contribution is -0.135. The number of hydrogen-bond donors (Lipinski definition) is 1. The highest BCUT2D eigenvalue weighted by atomic mass is 16.4. The Balaban J connectivity index is 3.01. The van der Waals surface area contributed by atoms with Crippen molar-refractivity contribution in [3.05, 3.63) is 34.9 Å². The highest BCUT2D eigenvalue weighted by Crippen LogP contribution is 2.14. The molecule has 74 valence electrons. The second-order valence-corrected chi connectivity index (χ2v) is 3.24. The van der Waals surface area contributed by atoms with Crippen LogP contribution in [-0.4, -0.2) is 16.9 Å². The van der Waals surface area contributed by atoms with Gasteiger partial charge in [0, 0.05) is 5.56 Å². The van der Waals surface area contributed by atoms with Crippen LogP contribution in [0, 0.1) is 13.8 Å². The number of carbonyl (C=O) groups excluding carboxylic acids is 1. The molecule has 0 unspecified atom stereocenters. The smallest absolute Gasteiger partial charge is 0.311 e. The van der Waals surface area contributed by atoms with Gasteiger partial charge in [0.25, 0.3) is 0 Å². The second-order valence-electron chi connectivity index (χ2n) is 3.24. The molecule has 0 heterocycles. The molecule has 0 atom stereocenters. The summed E-state index contributed by atoms with van der Waals surface area (Å²) in [6.07, 6.45) is -0.440. The zero-order valence-electron chi connectivity index (χ0n) is 8.20. The second kappa shape index (κ2) is 4.05. The number of carbonyl (C=O) groups is 2. The van der Waals surface area contributed by atoms with Gasteiger partial charge in [-0.3, -0.25) is 9.59 Å². The Bertz CT molecular complexity index is 380. The van der Waals surface area contributed by atoms with E-state index in [1.54, 1.807) is 12.1 Å². The van der Waals surface area contributed by atoms with Gasteiger partial charge in [0.2, 0.25) is 0 Å². The van der Waals surface area contributed by atoms with Gasteiger partial charge in [0.05, 0.1) is 0 Å². The average Bonchev–Trinajstić information content (AvgIpc) is 2.08. The number of hydrogen-bond acceptors (Lipinski definition) is 2. The predicted molar refractivity (Wildman–Crippen MR) is 52.5 cm³/mol. The van der Waals surface area contributed by atoms with Crippen molar-refractivity contribution in [1.29, 1.82) is 0 Å². The van der Waals surface area contributed by atoms with Gasteiger partial charge in [-0.05, 0) is 25.0 Å². The summed E-state index contributed by atoms with van der Waals surface area (Å²) in [4.78, 5) is 21.8. The number of aryl methyl sites for hydroxylation is 1. The molecule has 1 aromatic carbocycles. The Morgan fingerprint density at radius 2 is 1.93 bits per heavy atom. The molecule has 0 saturated heterocycles. The Morgan fingerprint density at radius 3 is 2.50 bits per heavy atom. The molecule has 0 saturated carbocycles. The van der Waals surface area contributed by atoms with Crippen molar-refractivity contribution < 1.29 is 14.7 Å². The average molecular weight is 192 g/mol. The van der Waals surface area contributed by atoms with Gasteiger partial charge in [0.1, 0.15) is 6.42 Å². The van der Waals surface area contributed by atoms with Crippen LogP contribution in [0.5, 0.6) is 0 Å². The maximum Gasteiger partial charge on any atom is 0.311 e. The molecule has 14 heavy (non-hydrogen) atoms. The van der Waals surface area contributed by atoms with Crippen LogP contribution >= 0.6 is 0 Å². The topological polar surface area (TPSA) is 54.4 Å². The van der Waals surface area contributed by atoms with Gasteiger partial charge >= 0.3 is 5.97 Å². The Kier molecular flexibility index (Phi) is 3.02. The van der Waals surface area contributed by atoms with Gasteiger partial charge in [-0.25, -0.2) is 0 Å². The van der Waals surface area contributed by atoms with E-state index in [9.17, 15) is 9.59 Å². The number of Topliss-reactive ketones (excluding diaryl/α,β-unsaturated/α-hetero) is 1. The summed E-state index contributed by atoms with van der Waals surface area (Å²) in [6.45, 7) is 3.72. The third kappa shape index (κ3) is 2.19. The van der Waals surface area contributed by atoms with Crippen molar-refractivity contribution in [3.63, 3.8) is 0 Å². The van der Waals surface area contributed by atoms with Crippen LogP contribution < -0.4 is 0 Å². The zero-order chi connectivity index (χ0) is 10.7. The highest BCUT2D eigenvalue weighted by molar-refractivity contribution is 6.06. The van der Waals surface area contributed by atoms with Gasteiger partial charge in [-0.1, -0.05) is 18.2 Å². The minimum Gasteiger partial charge on any atom is -0.481 e. The quantitative estimate of drug-likeness (QED) is 0.588. The van der Waals surface area contributed by atoms with E-state index in [0.717, 1.165) is 11.1 Å². The van der Waals surface area contributed by atoms with Crippen molar-refractivity contribution in [2.24, 2.45) is 0 Å². The SMILES string of the molecule is Cc1cccc(C(=O)CC(=O)O)c1C. The van der Waals surface area contributed by atoms with Gasteiger partial charge < -0.3 is 5.11 Å². The van der Waals surface area contributed by atoms with Gasteiger partial charge in [-0.2, -0.15) is 0 Å². The first kappa shape index (κ1) is 10.4. The third-order valence-electron chi connectivity index (χ3n) is 2.22. The van der Waals surface area contributed by atoms with E-state index in [-0.39, 0.29) is 5.78 Å². The molecule has 0 aliphatic heterocycles. The highest BCUT2D eigenvalue weighted by Gasteiger charge is 2.13. The Morgan fingerprint density at radius 1 is 1.29 bits per heavy atom. The summed E-state index contributed by atoms with van der Waals surface area (Å²) in [5.74, 6) is -1.42. The van der Waals surface area contributed by atoms with Crippen molar-refractivity contribution in [3.8, 4) is 0 Å². The fraction of sp³-hybridized carbons (Fsp3) is 0.273. The largest absolute Gasteiger partial charge is 0.481 e. The van der Waals surface area contributed by atoms with E-state index in [1.165, 1.54) is 0 Å². The number of ketones is 1. The molecular weight excluding hydrogens is 180 g/mol. The molecule has 0 fully saturated rings. The summed E-state index contributed by atoms with van der Waals surface area (Å²) in [5.41, 5.74) is 2.37. The number of rotatable bonds is 3. The van der Waals surface area contributed by atoms with Crippen LogP contribution in [0.2, 0.25) is 0 Å². The maximum atomic E-state index is 11.4. The van der Waals surface area contributed by atoms with Crippen molar-refractivity contribution >= 4 is 11.8 Å². The summed E-state index contributed by atoms with van der Waals surface area (Å²) in [6, 6.07) is 5.32. The fourth-order valence-electron chi connectivity index (χ4n) is 1.29.